The predicted molar refractivity (Wildman–Crippen MR) is 129 cm³/mol. The summed E-state index contributed by atoms with van der Waals surface area (Å²) in [5, 5.41) is 13.9. The minimum absolute atomic E-state index is 0.0815. The summed E-state index contributed by atoms with van der Waals surface area (Å²) in [7, 11) is 0. The maximum Gasteiger partial charge on any atom is 0.306 e. The Labute approximate surface area is 210 Å². The van der Waals surface area contributed by atoms with Gasteiger partial charge in [0.15, 0.2) is 6.10 Å². The third-order valence-corrected chi connectivity index (χ3v) is 5.15. The number of amides is 2. The average Bonchev–Trinajstić information content (AvgIpc) is 3.35. The van der Waals surface area contributed by atoms with Gasteiger partial charge in [0.2, 0.25) is 11.8 Å². The Balaban J connectivity index is 2.77. The van der Waals surface area contributed by atoms with Crippen molar-refractivity contribution < 1.29 is 38.6 Å². The van der Waals surface area contributed by atoms with Gasteiger partial charge in [-0.1, -0.05) is 33.1 Å². The molecule has 2 atom stereocenters. The SMILES string of the molecule is CCCCCC(=O)OC(CNC(=O)C(Cc1cnc[nH]1)NC(=O)CCC(=O)O)COC(=O)CCCC. The van der Waals surface area contributed by atoms with Crippen LogP contribution in [0.4, 0.5) is 0 Å². The molecule has 0 aliphatic rings. The summed E-state index contributed by atoms with van der Waals surface area (Å²) in [6, 6.07) is -1.03. The highest BCUT2D eigenvalue weighted by Crippen LogP contribution is 2.06. The minimum Gasteiger partial charge on any atom is -0.481 e. The number of nitrogens with one attached hydrogen (secondary N) is 3. The number of H-pyrrole nitrogens is 1. The Morgan fingerprint density at radius 2 is 1.72 bits per heavy atom. The molecule has 1 rings (SSSR count). The molecule has 2 unspecified atom stereocenters. The molecular formula is C24H38N4O8. The Morgan fingerprint density at radius 3 is 2.36 bits per heavy atom. The number of carbonyl (C=O) groups excluding carboxylic acids is 4. The number of aliphatic carboxylic acids is 1. The number of aromatic amines is 1. The summed E-state index contributed by atoms with van der Waals surface area (Å²) in [6.45, 7) is 3.62. The molecular weight excluding hydrogens is 472 g/mol. The first-order valence-corrected chi connectivity index (χ1v) is 12.4. The summed E-state index contributed by atoms with van der Waals surface area (Å²) in [4.78, 5) is 66.7. The highest BCUT2D eigenvalue weighted by Gasteiger charge is 2.24. The van der Waals surface area contributed by atoms with Crippen LogP contribution in [0.5, 0.6) is 0 Å². The van der Waals surface area contributed by atoms with E-state index in [1.54, 1.807) is 0 Å². The summed E-state index contributed by atoms with van der Waals surface area (Å²) in [5.41, 5.74) is 0.581. The lowest BCUT2D eigenvalue weighted by Gasteiger charge is -2.22. The number of carboxylic acids is 1. The van der Waals surface area contributed by atoms with Crippen molar-refractivity contribution in [3.8, 4) is 0 Å². The molecule has 1 aromatic heterocycles. The number of ether oxygens (including phenoxy) is 2. The number of carbonyl (C=O) groups is 5. The molecule has 4 N–H and O–H groups in total. The molecule has 1 heterocycles. The Bertz CT molecular complexity index is 828. The largest absolute Gasteiger partial charge is 0.481 e. The normalized spacial score (nSPS) is 12.3. The van der Waals surface area contributed by atoms with Crippen molar-refractivity contribution in [2.24, 2.45) is 0 Å². The Morgan fingerprint density at radius 1 is 1.00 bits per heavy atom. The van der Waals surface area contributed by atoms with Crippen molar-refractivity contribution in [3.05, 3.63) is 18.2 Å². The first-order valence-electron chi connectivity index (χ1n) is 12.4. The van der Waals surface area contributed by atoms with Crippen LogP contribution in [0.15, 0.2) is 12.5 Å². The van der Waals surface area contributed by atoms with E-state index < -0.39 is 41.9 Å². The number of imidazole rings is 1. The summed E-state index contributed by atoms with van der Waals surface area (Å²) < 4.78 is 10.7. The third-order valence-electron chi connectivity index (χ3n) is 5.15. The maximum atomic E-state index is 12.9. The molecule has 1 aromatic rings. The Hall–Kier alpha value is -3.44. The molecule has 36 heavy (non-hydrogen) atoms. The van der Waals surface area contributed by atoms with Gasteiger partial charge in [0.1, 0.15) is 12.6 Å². The Kier molecular flexibility index (Phi) is 15.2. The molecule has 0 aliphatic carbocycles. The molecule has 202 valence electrons. The molecule has 0 spiro atoms. The van der Waals surface area contributed by atoms with E-state index in [2.05, 4.69) is 20.6 Å². The second kappa shape index (κ2) is 17.9. The van der Waals surface area contributed by atoms with Gasteiger partial charge in [-0.2, -0.15) is 0 Å². The monoisotopic (exact) mass is 510 g/mol. The lowest BCUT2D eigenvalue weighted by atomic mass is 10.1. The van der Waals surface area contributed by atoms with Crippen LogP contribution in [0.2, 0.25) is 0 Å². The van der Waals surface area contributed by atoms with Gasteiger partial charge in [-0.25, -0.2) is 4.98 Å². The smallest absolute Gasteiger partial charge is 0.306 e. The van der Waals surface area contributed by atoms with Crippen LogP contribution in [0.1, 0.15) is 77.3 Å². The minimum atomic E-state index is -1.13. The van der Waals surface area contributed by atoms with Gasteiger partial charge in [-0.05, 0) is 12.8 Å². The summed E-state index contributed by atoms with van der Waals surface area (Å²) in [6.07, 6.45) is 5.90. The zero-order chi connectivity index (χ0) is 26.8. The van der Waals surface area contributed by atoms with E-state index in [-0.39, 0.29) is 45.3 Å². The molecule has 0 fully saturated rings. The van der Waals surface area contributed by atoms with E-state index in [1.165, 1.54) is 12.5 Å². The maximum absolute atomic E-state index is 12.9. The van der Waals surface area contributed by atoms with Crippen LogP contribution in [0, 0.1) is 0 Å². The number of nitrogens with zero attached hydrogens (tertiary/aromatic N) is 1. The quantitative estimate of drug-likeness (QED) is 0.159. The lowest BCUT2D eigenvalue weighted by Crippen LogP contribution is -2.50. The van der Waals surface area contributed by atoms with Gasteiger partial charge in [-0.3, -0.25) is 24.0 Å². The van der Waals surface area contributed by atoms with Crippen LogP contribution in [0.3, 0.4) is 0 Å². The van der Waals surface area contributed by atoms with Crippen molar-refractivity contribution in [3.63, 3.8) is 0 Å². The van der Waals surface area contributed by atoms with Gasteiger partial charge in [0.05, 0.1) is 19.3 Å². The fraction of sp³-hybridized carbons (Fsp3) is 0.667. The number of hydrogen-bond acceptors (Lipinski definition) is 8. The van der Waals surface area contributed by atoms with E-state index in [4.69, 9.17) is 14.6 Å². The van der Waals surface area contributed by atoms with Crippen molar-refractivity contribution >= 4 is 29.7 Å². The number of carboxylic acid groups (broad SMARTS) is 1. The van der Waals surface area contributed by atoms with Crippen LogP contribution in [-0.4, -0.2) is 70.1 Å². The highest BCUT2D eigenvalue weighted by atomic mass is 16.6. The standard InChI is InChI=1S/C24H38N4O8/c1-3-5-7-9-23(33)36-18(15-35-22(32)8-6-4-2)14-26-24(34)19(12-17-13-25-16-27-17)28-20(29)10-11-21(30)31/h13,16,18-19H,3-12,14-15H2,1-2H3,(H,25,27)(H,26,34)(H,28,29)(H,30,31). The number of esters is 2. The molecule has 0 aliphatic heterocycles. The molecule has 0 saturated carbocycles. The van der Waals surface area contributed by atoms with Crippen molar-refractivity contribution in [2.75, 3.05) is 13.2 Å². The molecule has 2 amide bonds. The summed E-state index contributed by atoms with van der Waals surface area (Å²) >= 11 is 0. The fourth-order valence-electron chi connectivity index (χ4n) is 3.13. The van der Waals surface area contributed by atoms with Crippen LogP contribution in [0.25, 0.3) is 0 Å². The third kappa shape index (κ3) is 14.1. The second-order valence-electron chi connectivity index (χ2n) is 8.40. The first kappa shape index (κ1) is 30.6. The zero-order valence-corrected chi connectivity index (χ0v) is 21.0. The van der Waals surface area contributed by atoms with Crippen LogP contribution >= 0.6 is 0 Å². The van der Waals surface area contributed by atoms with Gasteiger partial charge in [0.25, 0.3) is 0 Å². The van der Waals surface area contributed by atoms with Gasteiger partial charge >= 0.3 is 17.9 Å². The predicted octanol–water partition coefficient (Wildman–Crippen LogP) is 1.64. The van der Waals surface area contributed by atoms with Crippen LogP contribution in [-0.2, 0) is 39.9 Å². The van der Waals surface area contributed by atoms with E-state index in [0.717, 1.165) is 19.3 Å². The van der Waals surface area contributed by atoms with Crippen molar-refractivity contribution in [1.82, 2.24) is 20.6 Å². The molecule has 12 nitrogen and oxygen atoms in total. The van der Waals surface area contributed by atoms with Crippen molar-refractivity contribution in [1.29, 1.82) is 0 Å². The number of hydrogen-bond donors (Lipinski definition) is 4. The average molecular weight is 511 g/mol. The van der Waals surface area contributed by atoms with Gasteiger partial charge < -0.3 is 30.2 Å². The van der Waals surface area contributed by atoms with E-state index in [0.29, 0.717) is 18.5 Å². The number of unbranched alkanes of at least 4 members (excludes halogenated alkanes) is 3. The van der Waals surface area contributed by atoms with E-state index >= 15 is 0 Å². The van der Waals surface area contributed by atoms with E-state index in [1.807, 2.05) is 13.8 Å². The molecule has 0 saturated heterocycles. The highest BCUT2D eigenvalue weighted by molar-refractivity contribution is 5.88. The fourth-order valence-corrected chi connectivity index (χ4v) is 3.13. The second-order valence-corrected chi connectivity index (χ2v) is 8.40. The first-order chi connectivity index (χ1) is 17.2. The number of rotatable bonds is 19. The van der Waals surface area contributed by atoms with Crippen LogP contribution < -0.4 is 10.6 Å². The number of aromatic nitrogens is 2. The summed E-state index contributed by atoms with van der Waals surface area (Å²) in [5.74, 6) is -3.17. The lowest BCUT2D eigenvalue weighted by molar-refractivity contribution is -0.159. The topological polar surface area (TPSA) is 177 Å². The molecule has 0 radical (unpaired) electrons. The molecule has 0 bridgehead atoms. The molecule has 0 aromatic carbocycles. The van der Waals surface area contributed by atoms with E-state index in [9.17, 15) is 24.0 Å². The zero-order valence-electron chi connectivity index (χ0n) is 21.0. The van der Waals surface area contributed by atoms with Gasteiger partial charge in [0, 0.05) is 37.6 Å². The van der Waals surface area contributed by atoms with Gasteiger partial charge in [-0.15, -0.1) is 0 Å². The molecule has 12 heteroatoms. The van der Waals surface area contributed by atoms with Crippen molar-refractivity contribution in [2.45, 2.75) is 90.2 Å².